The SMILES string of the molecule is COC(=O)CN(C)c1ccc(C)cc1Br. The maximum atomic E-state index is 11.1. The average Bonchev–Trinajstić information content (AvgIpc) is 2.17. The summed E-state index contributed by atoms with van der Waals surface area (Å²) in [5.41, 5.74) is 2.16. The fourth-order valence-corrected chi connectivity index (χ4v) is 2.06. The van der Waals surface area contributed by atoms with Crippen molar-refractivity contribution >= 4 is 27.6 Å². The van der Waals surface area contributed by atoms with Gasteiger partial charge in [0.15, 0.2) is 0 Å². The number of halogens is 1. The predicted octanol–water partition coefficient (Wildman–Crippen LogP) is 2.37. The first-order valence-electron chi connectivity index (χ1n) is 4.58. The van der Waals surface area contributed by atoms with Crippen LogP contribution in [0.2, 0.25) is 0 Å². The zero-order valence-electron chi connectivity index (χ0n) is 9.08. The topological polar surface area (TPSA) is 29.5 Å². The number of aryl methyl sites for hydroxylation is 1. The molecule has 0 fully saturated rings. The number of benzene rings is 1. The molecule has 82 valence electrons. The molecule has 0 aliphatic rings. The highest BCUT2D eigenvalue weighted by atomic mass is 79.9. The molecule has 1 aromatic carbocycles. The molecule has 0 bridgehead atoms. The molecule has 0 aromatic heterocycles. The minimum absolute atomic E-state index is 0.245. The first kappa shape index (κ1) is 12.0. The van der Waals surface area contributed by atoms with E-state index in [0.717, 1.165) is 10.2 Å². The third-order valence-corrected chi connectivity index (χ3v) is 2.74. The van der Waals surface area contributed by atoms with Crippen LogP contribution in [-0.4, -0.2) is 26.7 Å². The smallest absolute Gasteiger partial charge is 0.325 e. The molecule has 0 unspecified atom stereocenters. The Balaban J connectivity index is 2.82. The van der Waals surface area contributed by atoms with Crippen molar-refractivity contribution in [2.75, 3.05) is 25.6 Å². The summed E-state index contributed by atoms with van der Waals surface area (Å²) in [5, 5.41) is 0. The Morgan fingerprint density at radius 2 is 2.20 bits per heavy atom. The van der Waals surface area contributed by atoms with Crippen LogP contribution in [0.5, 0.6) is 0 Å². The first-order valence-corrected chi connectivity index (χ1v) is 5.38. The summed E-state index contributed by atoms with van der Waals surface area (Å²) in [6, 6.07) is 6.00. The summed E-state index contributed by atoms with van der Waals surface area (Å²) < 4.78 is 5.59. The molecule has 0 heterocycles. The van der Waals surface area contributed by atoms with Gasteiger partial charge in [0.25, 0.3) is 0 Å². The van der Waals surface area contributed by atoms with E-state index in [1.54, 1.807) is 0 Å². The maximum absolute atomic E-state index is 11.1. The zero-order chi connectivity index (χ0) is 11.4. The van der Waals surface area contributed by atoms with Crippen molar-refractivity contribution in [2.24, 2.45) is 0 Å². The number of carbonyl (C=O) groups excluding carboxylic acids is 1. The molecular weight excluding hydrogens is 258 g/mol. The van der Waals surface area contributed by atoms with Crippen molar-refractivity contribution < 1.29 is 9.53 Å². The Labute approximate surface area is 98.2 Å². The second kappa shape index (κ2) is 5.16. The summed E-state index contributed by atoms with van der Waals surface area (Å²) in [5.74, 6) is -0.245. The number of carbonyl (C=O) groups is 1. The van der Waals surface area contributed by atoms with Crippen LogP contribution in [0.4, 0.5) is 5.69 Å². The molecule has 0 N–H and O–H groups in total. The van der Waals surface area contributed by atoms with Gasteiger partial charge in [0.1, 0.15) is 6.54 Å². The van der Waals surface area contributed by atoms with Gasteiger partial charge < -0.3 is 9.64 Å². The quantitative estimate of drug-likeness (QED) is 0.791. The summed E-state index contributed by atoms with van der Waals surface area (Å²) in [6.07, 6.45) is 0. The van der Waals surface area contributed by atoms with E-state index in [4.69, 9.17) is 0 Å². The standard InChI is InChI=1S/C11H14BrNO2/c1-8-4-5-10(9(12)6-8)13(2)7-11(14)15-3/h4-6H,7H2,1-3H3. The van der Waals surface area contributed by atoms with Gasteiger partial charge in [-0.3, -0.25) is 4.79 Å². The summed E-state index contributed by atoms with van der Waals surface area (Å²) in [4.78, 5) is 12.9. The lowest BCUT2D eigenvalue weighted by molar-refractivity contribution is -0.138. The van der Waals surface area contributed by atoms with Gasteiger partial charge in [0.2, 0.25) is 0 Å². The van der Waals surface area contributed by atoms with Crippen molar-refractivity contribution in [3.05, 3.63) is 28.2 Å². The number of hydrogen-bond acceptors (Lipinski definition) is 3. The number of anilines is 1. The predicted molar refractivity (Wildman–Crippen MR) is 64.2 cm³/mol. The fourth-order valence-electron chi connectivity index (χ4n) is 1.26. The maximum Gasteiger partial charge on any atom is 0.325 e. The second-order valence-electron chi connectivity index (χ2n) is 3.39. The van der Waals surface area contributed by atoms with Gasteiger partial charge in [-0.15, -0.1) is 0 Å². The van der Waals surface area contributed by atoms with Crippen LogP contribution < -0.4 is 4.90 Å². The molecule has 0 amide bonds. The molecule has 15 heavy (non-hydrogen) atoms. The number of nitrogens with zero attached hydrogens (tertiary/aromatic N) is 1. The highest BCUT2D eigenvalue weighted by Gasteiger charge is 2.09. The van der Waals surface area contributed by atoms with Gasteiger partial charge >= 0.3 is 5.97 Å². The Morgan fingerprint density at radius 3 is 2.73 bits per heavy atom. The van der Waals surface area contributed by atoms with E-state index in [-0.39, 0.29) is 12.5 Å². The number of likely N-dealkylation sites (N-methyl/N-ethyl adjacent to an activating group) is 1. The molecule has 0 saturated heterocycles. The molecule has 4 heteroatoms. The summed E-state index contributed by atoms with van der Waals surface area (Å²) in [7, 11) is 3.24. The first-order chi connectivity index (χ1) is 7.04. The zero-order valence-corrected chi connectivity index (χ0v) is 10.7. The molecular formula is C11H14BrNO2. The highest BCUT2D eigenvalue weighted by molar-refractivity contribution is 9.10. The van der Waals surface area contributed by atoms with Crippen LogP contribution in [0, 0.1) is 6.92 Å². The molecule has 0 saturated carbocycles. The van der Waals surface area contributed by atoms with Gasteiger partial charge in [-0.25, -0.2) is 0 Å². The molecule has 1 rings (SSSR count). The van der Waals surface area contributed by atoms with E-state index < -0.39 is 0 Å². The van der Waals surface area contributed by atoms with Crippen LogP contribution in [0.3, 0.4) is 0 Å². The van der Waals surface area contributed by atoms with Crippen LogP contribution in [0.1, 0.15) is 5.56 Å². The molecule has 0 radical (unpaired) electrons. The van der Waals surface area contributed by atoms with Crippen LogP contribution >= 0.6 is 15.9 Å². The Morgan fingerprint density at radius 1 is 1.53 bits per heavy atom. The van der Waals surface area contributed by atoms with Gasteiger partial charge in [-0.1, -0.05) is 6.07 Å². The van der Waals surface area contributed by atoms with E-state index in [9.17, 15) is 4.79 Å². The van der Waals surface area contributed by atoms with Gasteiger partial charge in [0, 0.05) is 11.5 Å². The molecule has 0 aliphatic heterocycles. The van der Waals surface area contributed by atoms with E-state index >= 15 is 0 Å². The average molecular weight is 272 g/mol. The van der Waals surface area contributed by atoms with E-state index in [2.05, 4.69) is 20.7 Å². The number of hydrogen-bond donors (Lipinski definition) is 0. The van der Waals surface area contributed by atoms with Gasteiger partial charge in [-0.2, -0.15) is 0 Å². The summed E-state index contributed by atoms with van der Waals surface area (Å²) >= 11 is 3.47. The molecule has 3 nitrogen and oxygen atoms in total. The Hall–Kier alpha value is -1.03. The largest absolute Gasteiger partial charge is 0.468 e. The number of ether oxygens (including phenoxy) is 1. The molecule has 0 atom stereocenters. The normalized spacial score (nSPS) is 9.87. The fraction of sp³-hybridized carbons (Fsp3) is 0.364. The van der Waals surface area contributed by atoms with E-state index in [0.29, 0.717) is 0 Å². The van der Waals surface area contributed by atoms with Crippen molar-refractivity contribution in [2.45, 2.75) is 6.92 Å². The van der Waals surface area contributed by atoms with Crippen molar-refractivity contribution in [3.8, 4) is 0 Å². The number of methoxy groups -OCH3 is 1. The lowest BCUT2D eigenvalue weighted by atomic mass is 10.2. The van der Waals surface area contributed by atoms with Gasteiger partial charge in [-0.05, 0) is 40.5 Å². The van der Waals surface area contributed by atoms with Crippen molar-refractivity contribution in [3.63, 3.8) is 0 Å². The lowest BCUT2D eigenvalue weighted by Crippen LogP contribution is -2.26. The van der Waals surface area contributed by atoms with E-state index in [1.165, 1.54) is 12.7 Å². The second-order valence-corrected chi connectivity index (χ2v) is 4.24. The number of rotatable bonds is 3. The lowest BCUT2D eigenvalue weighted by Gasteiger charge is -2.19. The Bertz CT molecular complexity index is 366. The van der Waals surface area contributed by atoms with Crippen LogP contribution in [0.15, 0.2) is 22.7 Å². The summed E-state index contributed by atoms with van der Waals surface area (Å²) in [6.45, 7) is 2.27. The van der Waals surface area contributed by atoms with Crippen LogP contribution in [0.25, 0.3) is 0 Å². The van der Waals surface area contributed by atoms with E-state index in [1.807, 2.05) is 37.1 Å². The molecule has 0 aliphatic carbocycles. The monoisotopic (exact) mass is 271 g/mol. The molecule has 0 spiro atoms. The third kappa shape index (κ3) is 3.23. The van der Waals surface area contributed by atoms with Crippen LogP contribution in [-0.2, 0) is 9.53 Å². The number of esters is 1. The van der Waals surface area contributed by atoms with Crippen molar-refractivity contribution in [1.29, 1.82) is 0 Å². The highest BCUT2D eigenvalue weighted by Crippen LogP contribution is 2.26. The third-order valence-electron chi connectivity index (χ3n) is 2.11. The minimum Gasteiger partial charge on any atom is -0.468 e. The Kier molecular flexibility index (Phi) is 4.15. The van der Waals surface area contributed by atoms with Gasteiger partial charge in [0.05, 0.1) is 12.8 Å². The minimum atomic E-state index is -0.245. The van der Waals surface area contributed by atoms with Crippen molar-refractivity contribution in [1.82, 2.24) is 0 Å². The molecule has 1 aromatic rings.